The van der Waals surface area contributed by atoms with Gasteiger partial charge in [0.05, 0.1) is 17.9 Å². The van der Waals surface area contributed by atoms with Crippen LogP contribution in [0.4, 0.5) is 0 Å². The number of carbonyl (C=O) groups excluding carboxylic acids is 1. The van der Waals surface area contributed by atoms with Gasteiger partial charge in [-0.25, -0.2) is 4.68 Å². The average molecular weight is 361 g/mol. The van der Waals surface area contributed by atoms with E-state index in [1.54, 1.807) is 4.68 Å². The van der Waals surface area contributed by atoms with Gasteiger partial charge >= 0.3 is 0 Å². The maximum atomic E-state index is 12.3. The second-order valence-corrected chi connectivity index (χ2v) is 7.55. The Hall–Kier alpha value is -1.93. The number of carbonyl (C=O) groups is 1. The van der Waals surface area contributed by atoms with Crippen LogP contribution >= 0.6 is 11.8 Å². The lowest BCUT2D eigenvalue weighted by Gasteiger charge is -2.13. The first kappa shape index (κ1) is 17.9. The van der Waals surface area contributed by atoms with Crippen LogP contribution in [0.3, 0.4) is 0 Å². The van der Waals surface area contributed by atoms with Gasteiger partial charge in [0.2, 0.25) is 11.1 Å². The third-order valence-corrected chi connectivity index (χ3v) is 5.21. The SMILES string of the molecule is Cc1ccc(CNC(=O)C(C)Sc2nnnn2CC2CCCO2)cc1. The van der Waals surface area contributed by atoms with Crippen molar-refractivity contribution in [2.24, 2.45) is 0 Å². The molecule has 0 radical (unpaired) electrons. The van der Waals surface area contributed by atoms with Crippen molar-refractivity contribution < 1.29 is 9.53 Å². The number of hydrogen-bond donors (Lipinski definition) is 1. The molecule has 0 bridgehead atoms. The fraction of sp³-hybridized carbons (Fsp3) is 0.529. The van der Waals surface area contributed by atoms with Crippen LogP contribution in [0.5, 0.6) is 0 Å². The first-order valence-corrected chi connectivity index (χ1v) is 9.37. The van der Waals surface area contributed by atoms with Crippen LogP contribution in [-0.2, 0) is 22.6 Å². The second-order valence-electron chi connectivity index (χ2n) is 6.24. The molecule has 1 aliphatic rings. The standard InChI is InChI=1S/C17H23N5O2S/c1-12-5-7-14(8-6-12)10-18-16(23)13(2)25-17-19-20-21-22(17)11-15-4-3-9-24-15/h5-8,13,15H,3-4,9-11H2,1-2H3,(H,18,23). The molecule has 8 heteroatoms. The minimum Gasteiger partial charge on any atom is -0.376 e. The third-order valence-electron chi connectivity index (χ3n) is 4.14. The van der Waals surface area contributed by atoms with Gasteiger partial charge in [0.15, 0.2) is 0 Å². The summed E-state index contributed by atoms with van der Waals surface area (Å²) in [4.78, 5) is 12.3. The number of benzene rings is 1. The molecule has 2 unspecified atom stereocenters. The molecular formula is C17H23N5O2S. The molecular weight excluding hydrogens is 338 g/mol. The van der Waals surface area contributed by atoms with E-state index < -0.39 is 0 Å². The molecule has 25 heavy (non-hydrogen) atoms. The lowest BCUT2D eigenvalue weighted by molar-refractivity contribution is -0.120. The molecule has 0 saturated carbocycles. The maximum Gasteiger partial charge on any atom is 0.233 e. The van der Waals surface area contributed by atoms with E-state index in [0.29, 0.717) is 18.2 Å². The molecule has 1 aromatic heterocycles. The topological polar surface area (TPSA) is 81.9 Å². The summed E-state index contributed by atoms with van der Waals surface area (Å²) in [5.41, 5.74) is 2.29. The first-order chi connectivity index (χ1) is 12.1. The van der Waals surface area contributed by atoms with Crippen LogP contribution < -0.4 is 5.32 Å². The van der Waals surface area contributed by atoms with Gasteiger partial charge in [0.1, 0.15) is 0 Å². The number of amides is 1. The number of nitrogens with one attached hydrogen (secondary N) is 1. The minimum absolute atomic E-state index is 0.0303. The molecule has 0 spiro atoms. The zero-order valence-corrected chi connectivity index (χ0v) is 15.3. The molecule has 1 saturated heterocycles. The van der Waals surface area contributed by atoms with Gasteiger partial charge in [-0.05, 0) is 42.7 Å². The molecule has 2 heterocycles. The number of hydrogen-bond acceptors (Lipinski definition) is 6. The molecule has 134 valence electrons. The molecule has 2 aromatic rings. The van der Waals surface area contributed by atoms with E-state index in [9.17, 15) is 4.79 Å². The number of ether oxygens (including phenoxy) is 1. The number of nitrogens with zero attached hydrogens (tertiary/aromatic N) is 4. The summed E-state index contributed by atoms with van der Waals surface area (Å²) in [5, 5.41) is 15.1. The fourth-order valence-electron chi connectivity index (χ4n) is 2.63. The van der Waals surface area contributed by atoms with Gasteiger partial charge < -0.3 is 10.1 Å². The maximum absolute atomic E-state index is 12.3. The van der Waals surface area contributed by atoms with Gasteiger partial charge in [-0.1, -0.05) is 41.6 Å². The zero-order valence-electron chi connectivity index (χ0n) is 14.5. The monoisotopic (exact) mass is 361 g/mol. The summed E-state index contributed by atoms with van der Waals surface area (Å²) in [7, 11) is 0. The van der Waals surface area contributed by atoms with Crippen molar-refractivity contribution in [1.82, 2.24) is 25.5 Å². The highest BCUT2D eigenvalue weighted by Crippen LogP contribution is 2.22. The van der Waals surface area contributed by atoms with Gasteiger partial charge in [-0.15, -0.1) is 5.10 Å². The Balaban J connectivity index is 1.51. The number of aromatic nitrogens is 4. The third kappa shape index (κ3) is 5.02. The number of aryl methyl sites for hydroxylation is 1. The molecule has 1 amide bonds. The van der Waals surface area contributed by atoms with Crippen molar-refractivity contribution in [2.45, 2.75) is 56.3 Å². The Morgan fingerprint density at radius 3 is 2.96 bits per heavy atom. The molecule has 1 fully saturated rings. The summed E-state index contributed by atoms with van der Waals surface area (Å²) in [6.07, 6.45) is 2.26. The van der Waals surface area contributed by atoms with Crippen LogP contribution in [0.2, 0.25) is 0 Å². The predicted molar refractivity (Wildman–Crippen MR) is 95.1 cm³/mol. The summed E-state index contributed by atoms with van der Waals surface area (Å²) < 4.78 is 7.35. The smallest absolute Gasteiger partial charge is 0.233 e. The Morgan fingerprint density at radius 1 is 1.44 bits per heavy atom. The van der Waals surface area contributed by atoms with Crippen molar-refractivity contribution in [1.29, 1.82) is 0 Å². The summed E-state index contributed by atoms with van der Waals surface area (Å²) >= 11 is 1.37. The average Bonchev–Trinajstić information content (AvgIpc) is 3.27. The summed E-state index contributed by atoms with van der Waals surface area (Å²) in [6.45, 7) is 5.85. The highest BCUT2D eigenvalue weighted by molar-refractivity contribution is 8.00. The van der Waals surface area contributed by atoms with E-state index >= 15 is 0 Å². The van der Waals surface area contributed by atoms with E-state index in [-0.39, 0.29) is 17.3 Å². The molecule has 1 aliphatic heterocycles. The second kappa shape index (κ2) is 8.44. The van der Waals surface area contributed by atoms with E-state index in [4.69, 9.17) is 4.74 Å². The van der Waals surface area contributed by atoms with E-state index in [1.807, 2.05) is 38.1 Å². The Kier molecular flexibility index (Phi) is 6.04. The van der Waals surface area contributed by atoms with Crippen LogP contribution in [0.1, 0.15) is 30.9 Å². The van der Waals surface area contributed by atoms with Gasteiger partial charge in [-0.2, -0.15) is 0 Å². The molecule has 7 nitrogen and oxygen atoms in total. The van der Waals surface area contributed by atoms with Crippen molar-refractivity contribution in [3.8, 4) is 0 Å². The lowest BCUT2D eigenvalue weighted by Crippen LogP contribution is -2.30. The normalized spacial score (nSPS) is 18.2. The highest BCUT2D eigenvalue weighted by Gasteiger charge is 2.22. The molecule has 1 aromatic carbocycles. The Labute approximate surface area is 151 Å². The molecule has 2 atom stereocenters. The van der Waals surface area contributed by atoms with Crippen molar-refractivity contribution in [3.63, 3.8) is 0 Å². The van der Waals surface area contributed by atoms with Gasteiger partial charge in [-0.3, -0.25) is 4.79 Å². The van der Waals surface area contributed by atoms with Crippen LogP contribution in [0, 0.1) is 6.92 Å². The van der Waals surface area contributed by atoms with Gasteiger partial charge in [0.25, 0.3) is 0 Å². The molecule has 0 aliphatic carbocycles. The van der Waals surface area contributed by atoms with Crippen LogP contribution in [0.25, 0.3) is 0 Å². The number of thioether (sulfide) groups is 1. The number of rotatable bonds is 7. The van der Waals surface area contributed by atoms with E-state index in [1.165, 1.54) is 17.3 Å². The van der Waals surface area contributed by atoms with Crippen molar-refractivity contribution in [3.05, 3.63) is 35.4 Å². The Morgan fingerprint density at radius 2 is 2.24 bits per heavy atom. The summed E-state index contributed by atoms with van der Waals surface area (Å²) in [6, 6.07) is 8.13. The Bertz CT molecular complexity index is 697. The van der Waals surface area contributed by atoms with Gasteiger partial charge in [0, 0.05) is 13.2 Å². The van der Waals surface area contributed by atoms with Crippen LogP contribution in [0.15, 0.2) is 29.4 Å². The lowest BCUT2D eigenvalue weighted by atomic mass is 10.1. The van der Waals surface area contributed by atoms with E-state index in [2.05, 4.69) is 20.8 Å². The van der Waals surface area contributed by atoms with E-state index in [0.717, 1.165) is 25.0 Å². The summed E-state index contributed by atoms with van der Waals surface area (Å²) in [5.74, 6) is -0.0303. The number of tetrazole rings is 1. The van der Waals surface area contributed by atoms with Crippen molar-refractivity contribution >= 4 is 17.7 Å². The highest BCUT2D eigenvalue weighted by atomic mass is 32.2. The fourth-order valence-corrected chi connectivity index (χ4v) is 3.45. The quantitative estimate of drug-likeness (QED) is 0.759. The molecule has 3 rings (SSSR count). The first-order valence-electron chi connectivity index (χ1n) is 8.49. The largest absolute Gasteiger partial charge is 0.376 e. The van der Waals surface area contributed by atoms with Crippen molar-refractivity contribution in [2.75, 3.05) is 6.61 Å². The predicted octanol–water partition coefficient (Wildman–Crippen LogP) is 1.96. The minimum atomic E-state index is -0.278. The zero-order chi connectivity index (χ0) is 17.6. The van der Waals surface area contributed by atoms with Crippen LogP contribution in [-0.4, -0.2) is 44.1 Å². The molecule has 1 N–H and O–H groups in total.